The Morgan fingerprint density at radius 3 is 2.62 bits per heavy atom. The maximum atomic E-state index is 11.2. The molecule has 2 heterocycles. The Bertz CT molecular complexity index is 1240. The number of halogens is 2. The van der Waals surface area contributed by atoms with Crippen LogP contribution in [0.15, 0.2) is 46.3 Å². The number of aromatic nitrogens is 1. The zero-order valence-electron chi connectivity index (χ0n) is 15.3. The molecule has 0 amide bonds. The number of anilines is 1. The lowest BCUT2D eigenvalue weighted by atomic mass is 10.3. The number of hydrogen-bond acceptors (Lipinski definition) is 6. The van der Waals surface area contributed by atoms with Gasteiger partial charge in [0.05, 0.1) is 22.5 Å². The van der Waals surface area contributed by atoms with Gasteiger partial charge in [0.2, 0.25) is 5.52 Å². The Labute approximate surface area is 187 Å². The summed E-state index contributed by atoms with van der Waals surface area (Å²) in [6.45, 7) is 2.89. The Morgan fingerprint density at radius 1 is 1.17 bits per heavy atom. The summed E-state index contributed by atoms with van der Waals surface area (Å²) >= 11 is 15.5. The molecular weight excluding hydrogens is 471 g/mol. The van der Waals surface area contributed by atoms with Gasteiger partial charge in [0.1, 0.15) is 14.8 Å². The molecule has 0 spiro atoms. The quantitative estimate of drug-likeness (QED) is 0.376. The summed E-state index contributed by atoms with van der Waals surface area (Å²) in [5.74, 6) is -0.480. The highest BCUT2D eigenvalue weighted by Gasteiger charge is 2.27. The number of hydrogen-bond donors (Lipinski definition) is 0. The van der Waals surface area contributed by atoms with E-state index in [1.807, 2.05) is 34.9 Å². The van der Waals surface area contributed by atoms with E-state index in [1.54, 1.807) is 23.9 Å². The maximum Gasteiger partial charge on any atom is 0.265 e. The van der Waals surface area contributed by atoms with Gasteiger partial charge < -0.3 is 9.45 Å². The molecule has 0 unspecified atom stereocenters. The molecule has 5 nitrogen and oxygen atoms in total. The minimum absolute atomic E-state index is 0.0703. The second kappa shape index (κ2) is 8.09. The maximum absolute atomic E-state index is 11.2. The fourth-order valence-corrected chi connectivity index (χ4v) is 6.29. The fraction of sp³-hybridized carbons (Fsp3) is 0.211. The van der Waals surface area contributed by atoms with E-state index in [4.69, 9.17) is 23.2 Å². The minimum Gasteiger partial charge on any atom is -0.748 e. The summed E-state index contributed by atoms with van der Waals surface area (Å²) in [5.41, 5.74) is 1.86. The normalized spacial score (nSPS) is 15.4. The van der Waals surface area contributed by atoms with Gasteiger partial charge in [-0.2, -0.15) is 4.57 Å². The van der Waals surface area contributed by atoms with Crippen molar-refractivity contribution < 1.29 is 17.5 Å². The Balaban J connectivity index is 1.81. The van der Waals surface area contributed by atoms with Crippen LogP contribution in [-0.4, -0.2) is 25.3 Å². The number of rotatable bonds is 5. The standard InChI is InChI=1S/C19H16Cl2N2O3S3/c1-2-22-14-9-12(20)3-5-16(14)27-18(22)11-19-23(7-8-29(24,25)26)15-10-13(21)4-6-17(15)28-19/h3-6,9-11H,2,7-8H2,1H3. The van der Waals surface area contributed by atoms with Crippen molar-refractivity contribution in [2.75, 3.05) is 17.2 Å². The van der Waals surface area contributed by atoms with E-state index in [2.05, 4.69) is 11.8 Å². The molecule has 0 radical (unpaired) electrons. The predicted octanol–water partition coefficient (Wildman–Crippen LogP) is 4.97. The Kier molecular flexibility index (Phi) is 5.85. The van der Waals surface area contributed by atoms with E-state index in [0.717, 1.165) is 37.4 Å². The van der Waals surface area contributed by atoms with Crippen LogP contribution in [0.3, 0.4) is 0 Å². The van der Waals surface area contributed by atoms with Crippen LogP contribution in [0.4, 0.5) is 5.69 Å². The smallest absolute Gasteiger partial charge is 0.265 e. The van der Waals surface area contributed by atoms with E-state index >= 15 is 0 Å². The number of thiazole rings is 1. The number of benzene rings is 2. The molecule has 0 atom stereocenters. The summed E-state index contributed by atoms with van der Waals surface area (Å²) in [4.78, 5) is 3.28. The SMILES string of the molecule is CCN1C(=Cc2sc3ccc(Cl)cc3[n+]2CCS(=O)(=O)[O-])Sc2ccc(Cl)cc21. The summed E-state index contributed by atoms with van der Waals surface area (Å²) in [6.07, 6.45) is 2.03. The largest absolute Gasteiger partial charge is 0.748 e. The topological polar surface area (TPSA) is 64.3 Å². The van der Waals surface area contributed by atoms with Crippen LogP contribution >= 0.6 is 46.3 Å². The molecule has 1 aliphatic rings. The van der Waals surface area contributed by atoms with Crippen LogP contribution in [0.5, 0.6) is 0 Å². The minimum atomic E-state index is -4.34. The zero-order valence-corrected chi connectivity index (χ0v) is 19.2. The van der Waals surface area contributed by atoms with E-state index in [0.29, 0.717) is 10.0 Å². The first-order chi connectivity index (χ1) is 13.7. The van der Waals surface area contributed by atoms with E-state index in [1.165, 1.54) is 11.3 Å². The highest BCUT2D eigenvalue weighted by Crippen LogP contribution is 2.47. The Hall–Kier alpha value is -1.29. The van der Waals surface area contributed by atoms with Gasteiger partial charge in [-0.15, -0.1) is 0 Å². The molecule has 0 N–H and O–H groups in total. The van der Waals surface area contributed by atoms with Crippen LogP contribution < -0.4 is 9.47 Å². The van der Waals surface area contributed by atoms with Crippen LogP contribution in [0.25, 0.3) is 16.3 Å². The van der Waals surface area contributed by atoms with Crippen molar-refractivity contribution in [3.63, 3.8) is 0 Å². The van der Waals surface area contributed by atoms with Gasteiger partial charge >= 0.3 is 0 Å². The predicted molar refractivity (Wildman–Crippen MR) is 120 cm³/mol. The van der Waals surface area contributed by atoms with E-state index in [9.17, 15) is 13.0 Å². The molecule has 3 aromatic rings. The van der Waals surface area contributed by atoms with Gasteiger partial charge in [-0.3, -0.25) is 0 Å². The number of nitrogens with zero attached hydrogens (tertiary/aromatic N) is 2. The van der Waals surface area contributed by atoms with Gasteiger partial charge in [-0.1, -0.05) is 46.3 Å². The highest BCUT2D eigenvalue weighted by molar-refractivity contribution is 8.03. The number of fused-ring (bicyclic) bond motifs is 2. The van der Waals surface area contributed by atoms with Gasteiger partial charge in [0.25, 0.3) is 5.01 Å². The van der Waals surface area contributed by atoms with Gasteiger partial charge in [0.15, 0.2) is 6.54 Å². The van der Waals surface area contributed by atoms with Crippen LogP contribution in [-0.2, 0) is 16.7 Å². The Morgan fingerprint density at radius 2 is 1.90 bits per heavy atom. The molecule has 0 aliphatic carbocycles. The van der Waals surface area contributed by atoms with Gasteiger partial charge in [0, 0.05) is 27.6 Å². The molecule has 2 aromatic carbocycles. The van der Waals surface area contributed by atoms with E-state index < -0.39 is 15.9 Å². The van der Waals surface area contributed by atoms with Crippen molar-refractivity contribution in [1.82, 2.24) is 0 Å². The fourth-order valence-electron chi connectivity index (χ4n) is 3.23. The van der Waals surface area contributed by atoms with Crippen LogP contribution in [0, 0.1) is 0 Å². The third kappa shape index (κ3) is 4.42. The summed E-state index contributed by atoms with van der Waals surface area (Å²) in [5, 5.41) is 3.10. The van der Waals surface area contributed by atoms with Gasteiger partial charge in [-0.05, 0) is 37.3 Å². The average Bonchev–Trinajstić information content (AvgIpc) is 3.16. The lowest BCUT2D eigenvalue weighted by Gasteiger charge is -2.17. The lowest BCUT2D eigenvalue weighted by molar-refractivity contribution is -0.664. The third-order valence-corrected chi connectivity index (χ3v) is 7.89. The van der Waals surface area contributed by atoms with Crippen molar-refractivity contribution in [2.24, 2.45) is 0 Å². The van der Waals surface area contributed by atoms with Gasteiger partial charge in [-0.25, -0.2) is 8.42 Å². The molecule has 0 bridgehead atoms. The van der Waals surface area contributed by atoms with Crippen molar-refractivity contribution in [2.45, 2.75) is 18.4 Å². The second-order valence-corrected chi connectivity index (χ2v) is 10.9. The van der Waals surface area contributed by atoms with E-state index in [-0.39, 0.29) is 6.54 Å². The first-order valence-corrected chi connectivity index (χ1v) is 12.7. The van der Waals surface area contributed by atoms with Crippen molar-refractivity contribution in [3.05, 3.63) is 56.5 Å². The molecule has 1 aromatic heterocycles. The molecule has 0 fully saturated rings. The summed E-state index contributed by atoms with van der Waals surface area (Å²) in [6, 6.07) is 11.3. The molecule has 0 saturated heterocycles. The average molecular weight is 487 g/mol. The molecule has 29 heavy (non-hydrogen) atoms. The molecule has 4 rings (SSSR count). The van der Waals surface area contributed by atoms with Crippen LogP contribution in [0.2, 0.25) is 10.0 Å². The van der Waals surface area contributed by atoms with Crippen LogP contribution in [0.1, 0.15) is 11.9 Å². The van der Waals surface area contributed by atoms with Crippen molar-refractivity contribution in [1.29, 1.82) is 0 Å². The zero-order chi connectivity index (χ0) is 20.8. The van der Waals surface area contributed by atoms with Crippen molar-refractivity contribution >= 4 is 78.4 Å². The first kappa shape index (κ1) is 21.0. The number of aryl methyl sites for hydroxylation is 1. The lowest BCUT2D eigenvalue weighted by Crippen LogP contribution is -2.38. The molecular formula is C19H16Cl2N2O3S3. The first-order valence-electron chi connectivity index (χ1n) is 8.77. The third-order valence-electron chi connectivity index (χ3n) is 4.51. The summed E-state index contributed by atoms with van der Waals surface area (Å²) < 4.78 is 36.5. The monoisotopic (exact) mass is 486 g/mol. The second-order valence-electron chi connectivity index (χ2n) is 6.41. The van der Waals surface area contributed by atoms with Crippen molar-refractivity contribution in [3.8, 4) is 0 Å². The molecule has 0 saturated carbocycles. The summed E-state index contributed by atoms with van der Waals surface area (Å²) in [7, 11) is -4.34. The molecule has 10 heteroatoms. The molecule has 1 aliphatic heterocycles. The highest BCUT2D eigenvalue weighted by atomic mass is 35.5. The molecule has 152 valence electrons. The number of thioether (sulfide) groups is 1.